The van der Waals surface area contributed by atoms with Gasteiger partial charge in [0, 0.05) is 17.9 Å². The maximum Gasteiger partial charge on any atom is 0.333 e. The fourth-order valence-corrected chi connectivity index (χ4v) is 4.56. The molecule has 2 aromatic carbocycles. The van der Waals surface area contributed by atoms with Crippen molar-refractivity contribution in [3.63, 3.8) is 0 Å². The topological polar surface area (TPSA) is 83.8 Å². The van der Waals surface area contributed by atoms with E-state index in [1.165, 1.54) is 33.7 Å². The largest absolute Gasteiger partial charge is 0.333 e. The van der Waals surface area contributed by atoms with Crippen molar-refractivity contribution < 1.29 is 14.5 Å². The van der Waals surface area contributed by atoms with Crippen LogP contribution < -0.4 is 4.90 Å². The molecule has 0 bridgehead atoms. The molecule has 25 heavy (non-hydrogen) atoms. The van der Waals surface area contributed by atoms with Gasteiger partial charge in [0.2, 0.25) is 0 Å². The second kappa shape index (κ2) is 5.89. The highest BCUT2D eigenvalue weighted by molar-refractivity contribution is 7.99. The molecule has 2 saturated heterocycles. The van der Waals surface area contributed by atoms with Gasteiger partial charge in [0.05, 0.1) is 10.6 Å². The summed E-state index contributed by atoms with van der Waals surface area (Å²) in [6.45, 7) is 0. The molecule has 0 N–H and O–H groups in total. The number of amides is 3. The Morgan fingerprint density at radius 1 is 1.08 bits per heavy atom. The number of carbonyl (C=O) groups excluding carboxylic acids is 2. The van der Waals surface area contributed by atoms with E-state index in [0.29, 0.717) is 17.0 Å². The summed E-state index contributed by atoms with van der Waals surface area (Å²) < 4.78 is 0. The van der Waals surface area contributed by atoms with Crippen molar-refractivity contribution in [3.05, 3.63) is 70.3 Å². The van der Waals surface area contributed by atoms with Gasteiger partial charge in [-0.05, 0) is 17.7 Å². The Kier molecular flexibility index (Phi) is 3.69. The molecule has 0 radical (unpaired) electrons. The van der Waals surface area contributed by atoms with Crippen LogP contribution in [0.4, 0.5) is 16.2 Å². The summed E-state index contributed by atoms with van der Waals surface area (Å²) in [6, 6.07) is 14.1. The molecule has 0 spiro atoms. The molecule has 2 aromatic rings. The predicted molar refractivity (Wildman–Crippen MR) is 93.2 cm³/mol. The Morgan fingerprint density at radius 3 is 2.56 bits per heavy atom. The summed E-state index contributed by atoms with van der Waals surface area (Å²) in [5.41, 5.74) is 1.16. The third-order valence-corrected chi connectivity index (χ3v) is 5.62. The number of nitro groups is 1. The molecule has 0 aliphatic carbocycles. The van der Waals surface area contributed by atoms with E-state index >= 15 is 0 Å². The number of imide groups is 1. The number of benzene rings is 2. The Balaban J connectivity index is 1.69. The zero-order valence-corrected chi connectivity index (χ0v) is 13.8. The second-order valence-electron chi connectivity index (χ2n) is 5.75. The Labute approximate surface area is 147 Å². The molecule has 2 heterocycles. The minimum Gasteiger partial charge on any atom is -0.295 e. The molecule has 7 nitrogen and oxygen atoms in total. The number of hydrogen-bond donors (Lipinski definition) is 0. The lowest BCUT2D eigenvalue weighted by Crippen LogP contribution is -2.33. The van der Waals surface area contributed by atoms with Crippen LogP contribution in [0, 0.1) is 10.1 Å². The lowest BCUT2D eigenvalue weighted by Gasteiger charge is -2.22. The van der Waals surface area contributed by atoms with E-state index in [-0.39, 0.29) is 17.6 Å². The predicted octanol–water partition coefficient (Wildman–Crippen LogP) is 3.18. The van der Waals surface area contributed by atoms with Crippen LogP contribution in [0.15, 0.2) is 54.6 Å². The first-order chi connectivity index (χ1) is 12.1. The highest BCUT2D eigenvalue weighted by Crippen LogP contribution is 2.46. The van der Waals surface area contributed by atoms with Gasteiger partial charge in [-0.2, -0.15) is 0 Å². The summed E-state index contributed by atoms with van der Waals surface area (Å²) in [4.78, 5) is 38.8. The van der Waals surface area contributed by atoms with Crippen LogP contribution in [-0.4, -0.2) is 33.6 Å². The van der Waals surface area contributed by atoms with Crippen molar-refractivity contribution in [3.8, 4) is 0 Å². The van der Waals surface area contributed by atoms with Crippen LogP contribution in [0.25, 0.3) is 0 Å². The van der Waals surface area contributed by atoms with Crippen molar-refractivity contribution in [2.75, 3.05) is 10.7 Å². The molecule has 0 unspecified atom stereocenters. The van der Waals surface area contributed by atoms with E-state index in [4.69, 9.17) is 0 Å². The number of para-hydroxylation sites is 1. The summed E-state index contributed by atoms with van der Waals surface area (Å²) in [7, 11) is 0. The van der Waals surface area contributed by atoms with Gasteiger partial charge in [-0.3, -0.25) is 19.8 Å². The fourth-order valence-electron chi connectivity index (χ4n) is 3.15. The van der Waals surface area contributed by atoms with Gasteiger partial charge in [-0.15, -0.1) is 11.8 Å². The van der Waals surface area contributed by atoms with Crippen LogP contribution in [0.3, 0.4) is 0 Å². The van der Waals surface area contributed by atoms with Crippen molar-refractivity contribution in [1.82, 2.24) is 4.90 Å². The molecule has 0 saturated carbocycles. The van der Waals surface area contributed by atoms with Crippen LogP contribution in [0.5, 0.6) is 0 Å². The van der Waals surface area contributed by atoms with Crippen LogP contribution >= 0.6 is 11.8 Å². The second-order valence-corrected chi connectivity index (χ2v) is 6.87. The monoisotopic (exact) mass is 355 g/mol. The smallest absolute Gasteiger partial charge is 0.295 e. The van der Waals surface area contributed by atoms with Crippen LogP contribution in [0.1, 0.15) is 10.9 Å². The number of rotatable bonds is 3. The SMILES string of the molecule is O=C1[C@@H]2CS[C@H](c3cccc([N+](=O)[O-])c3)N2C(=O)N1c1ccccc1. The first-order valence-electron chi connectivity index (χ1n) is 7.65. The van der Waals surface area contributed by atoms with Crippen molar-refractivity contribution in [2.45, 2.75) is 11.4 Å². The summed E-state index contributed by atoms with van der Waals surface area (Å²) >= 11 is 1.45. The average molecular weight is 355 g/mol. The quantitative estimate of drug-likeness (QED) is 0.480. The summed E-state index contributed by atoms with van der Waals surface area (Å²) in [5, 5.41) is 10.6. The number of fused-ring (bicyclic) bond motifs is 1. The molecule has 2 atom stereocenters. The highest BCUT2D eigenvalue weighted by Gasteiger charge is 2.53. The van der Waals surface area contributed by atoms with Gasteiger partial charge in [0.1, 0.15) is 11.4 Å². The molecule has 2 aliphatic rings. The molecule has 0 aromatic heterocycles. The van der Waals surface area contributed by atoms with Crippen LogP contribution in [-0.2, 0) is 4.79 Å². The number of carbonyl (C=O) groups is 2. The number of urea groups is 1. The van der Waals surface area contributed by atoms with Crippen LogP contribution in [0.2, 0.25) is 0 Å². The number of anilines is 1. The first kappa shape index (κ1) is 15.6. The average Bonchev–Trinajstić information content (AvgIpc) is 3.16. The summed E-state index contributed by atoms with van der Waals surface area (Å²) in [5.74, 6) is 0.220. The minimum atomic E-state index is -0.540. The maximum absolute atomic E-state index is 12.9. The van der Waals surface area contributed by atoms with E-state index in [0.717, 1.165) is 0 Å². The Bertz CT molecular complexity index is 873. The zero-order chi connectivity index (χ0) is 17.6. The Hall–Kier alpha value is -2.87. The number of non-ortho nitro benzene ring substituents is 1. The van der Waals surface area contributed by atoms with Gasteiger partial charge in [0.15, 0.2) is 0 Å². The fraction of sp³-hybridized carbons (Fsp3) is 0.176. The van der Waals surface area contributed by atoms with Crippen molar-refractivity contribution >= 4 is 35.1 Å². The number of nitrogens with zero attached hydrogens (tertiary/aromatic N) is 3. The third kappa shape index (κ3) is 2.45. The molecule has 126 valence electrons. The van der Waals surface area contributed by atoms with E-state index < -0.39 is 16.3 Å². The molecule has 4 rings (SSSR count). The number of nitro benzene ring substituents is 1. The number of thioether (sulfide) groups is 1. The lowest BCUT2D eigenvalue weighted by molar-refractivity contribution is -0.384. The molecule has 2 fully saturated rings. The zero-order valence-electron chi connectivity index (χ0n) is 12.9. The molecule has 2 aliphatic heterocycles. The molecule has 3 amide bonds. The summed E-state index contributed by atoms with van der Waals surface area (Å²) in [6.07, 6.45) is 0. The third-order valence-electron chi connectivity index (χ3n) is 4.30. The Morgan fingerprint density at radius 2 is 1.84 bits per heavy atom. The standard InChI is InChI=1S/C17H13N3O4S/c21-15-14-10-25-16(11-5-4-8-13(9-11)20(23)24)19(14)17(22)18(15)12-6-2-1-3-7-12/h1-9,14,16H,10H2/t14-,16+/m0/s1. The van der Waals surface area contributed by atoms with Gasteiger partial charge >= 0.3 is 6.03 Å². The van der Waals surface area contributed by atoms with Gasteiger partial charge in [0.25, 0.3) is 11.6 Å². The van der Waals surface area contributed by atoms with E-state index in [9.17, 15) is 19.7 Å². The van der Waals surface area contributed by atoms with Crippen molar-refractivity contribution in [2.24, 2.45) is 0 Å². The van der Waals surface area contributed by atoms with Gasteiger partial charge in [-0.25, -0.2) is 9.69 Å². The molecular formula is C17H13N3O4S. The lowest BCUT2D eigenvalue weighted by atomic mass is 10.1. The number of hydrogen-bond acceptors (Lipinski definition) is 5. The molecule has 8 heteroatoms. The normalized spacial score (nSPS) is 22.4. The molecular weight excluding hydrogens is 342 g/mol. The maximum atomic E-state index is 12.9. The first-order valence-corrected chi connectivity index (χ1v) is 8.70. The van der Waals surface area contributed by atoms with E-state index in [2.05, 4.69) is 0 Å². The highest BCUT2D eigenvalue weighted by atomic mass is 32.2. The van der Waals surface area contributed by atoms with Crippen molar-refractivity contribution in [1.29, 1.82) is 0 Å². The van der Waals surface area contributed by atoms with Gasteiger partial charge < -0.3 is 0 Å². The minimum absolute atomic E-state index is 0.0283. The van der Waals surface area contributed by atoms with E-state index in [1.54, 1.807) is 36.4 Å². The van der Waals surface area contributed by atoms with Gasteiger partial charge in [-0.1, -0.05) is 30.3 Å². The van der Waals surface area contributed by atoms with E-state index in [1.807, 2.05) is 6.07 Å².